The van der Waals surface area contributed by atoms with Crippen molar-refractivity contribution in [2.24, 2.45) is 0 Å². The predicted octanol–water partition coefficient (Wildman–Crippen LogP) is 3.17. The third-order valence-electron chi connectivity index (χ3n) is 4.44. The zero-order valence-corrected chi connectivity index (χ0v) is 20.1. The summed E-state index contributed by atoms with van der Waals surface area (Å²) >= 11 is 7.30. The third-order valence-corrected chi connectivity index (χ3v) is 7.35. The second-order valence-corrected chi connectivity index (χ2v) is 10.6. The number of nitrogens with zero attached hydrogens (tertiary/aromatic N) is 3. The summed E-state index contributed by atoms with van der Waals surface area (Å²) in [7, 11) is -3.91. The minimum atomic E-state index is -3.91. The number of sulfonamides is 1. The number of hydrogen-bond donors (Lipinski definition) is 2. The maximum atomic E-state index is 13.3. The van der Waals surface area contributed by atoms with Gasteiger partial charge in [-0.25, -0.2) is 13.4 Å². The summed E-state index contributed by atoms with van der Waals surface area (Å²) in [5, 5.41) is 10.6. The summed E-state index contributed by atoms with van der Waals surface area (Å²) in [6.45, 7) is 3.87. The largest absolute Gasteiger partial charge is 0.354 e. The molecule has 0 spiro atoms. The lowest BCUT2D eigenvalue weighted by Crippen LogP contribution is -2.40. The van der Waals surface area contributed by atoms with Gasteiger partial charge in [0.15, 0.2) is 0 Å². The molecule has 170 valence electrons. The van der Waals surface area contributed by atoms with Crippen molar-refractivity contribution in [3.05, 3.63) is 70.5 Å². The molecule has 0 bridgehead atoms. The van der Waals surface area contributed by atoms with Gasteiger partial charge in [0.05, 0.1) is 11.4 Å². The normalized spacial score (nSPS) is 11.6. The molecule has 0 aliphatic heterocycles. The number of nitrogens with one attached hydrogen (secondary N) is 2. The van der Waals surface area contributed by atoms with Crippen LogP contribution < -0.4 is 5.32 Å². The molecule has 0 radical (unpaired) electrons. The number of hydrogen-bond acceptors (Lipinski definition) is 6. The van der Waals surface area contributed by atoms with Crippen LogP contribution in [-0.4, -0.2) is 52.7 Å². The maximum absolute atomic E-state index is 13.3. The third kappa shape index (κ3) is 6.80. The van der Waals surface area contributed by atoms with Crippen LogP contribution in [0.2, 0.25) is 5.02 Å². The maximum Gasteiger partial charge on any atom is 0.243 e. The van der Waals surface area contributed by atoms with E-state index < -0.39 is 10.0 Å². The van der Waals surface area contributed by atoms with Gasteiger partial charge in [-0.15, -0.1) is 5.10 Å². The van der Waals surface area contributed by atoms with Gasteiger partial charge in [0, 0.05) is 23.9 Å². The molecule has 0 saturated carbocycles. The number of carbonyl (C=O) groups is 1. The molecule has 1 heterocycles. The molecule has 3 rings (SSSR count). The van der Waals surface area contributed by atoms with Crippen LogP contribution in [-0.2, 0) is 21.4 Å². The Morgan fingerprint density at radius 2 is 1.94 bits per heavy atom. The van der Waals surface area contributed by atoms with Gasteiger partial charge in [0.25, 0.3) is 0 Å². The molecule has 11 heteroatoms. The number of rotatable bonds is 10. The number of thioether (sulfide) groups is 1. The second-order valence-electron chi connectivity index (χ2n) is 7.12. The first-order valence-corrected chi connectivity index (χ1v) is 12.6. The van der Waals surface area contributed by atoms with Crippen molar-refractivity contribution in [1.82, 2.24) is 24.8 Å². The van der Waals surface area contributed by atoms with Crippen LogP contribution in [0.1, 0.15) is 17.0 Å². The first-order chi connectivity index (χ1) is 15.2. The number of H-pyrrole nitrogens is 1. The molecule has 0 unspecified atom stereocenters. The summed E-state index contributed by atoms with van der Waals surface area (Å²) in [5.41, 5.74) is 1.81. The van der Waals surface area contributed by atoms with Gasteiger partial charge in [-0.3, -0.25) is 9.89 Å². The number of benzene rings is 2. The standard InChI is InChI=1S/C21H24ClN5O3S2/c1-15-4-3-5-17(12-15)13-27(32(29,30)19-8-6-18(22)7-9-19)14-20(28)23-10-11-31-21-24-16(2)25-26-21/h3-9,12H,10-11,13-14H2,1-2H3,(H,23,28)(H,24,25,26). The van der Waals surface area contributed by atoms with Crippen LogP contribution in [0.25, 0.3) is 0 Å². The smallest absolute Gasteiger partial charge is 0.243 e. The molecule has 2 N–H and O–H groups in total. The van der Waals surface area contributed by atoms with Gasteiger partial charge in [-0.05, 0) is 43.7 Å². The van der Waals surface area contributed by atoms with E-state index in [2.05, 4.69) is 20.5 Å². The van der Waals surface area contributed by atoms with Gasteiger partial charge in [-0.2, -0.15) is 4.31 Å². The van der Waals surface area contributed by atoms with Crippen molar-refractivity contribution in [3.8, 4) is 0 Å². The van der Waals surface area contributed by atoms with Crippen molar-refractivity contribution in [1.29, 1.82) is 0 Å². The quantitative estimate of drug-likeness (QED) is 0.332. The van der Waals surface area contributed by atoms with E-state index in [1.165, 1.54) is 40.3 Å². The number of aryl methyl sites for hydroxylation is 2. The van der Waals surface area contributed by atoms with Gasteiger partial charge in [0.2, 0.25) is 21.1 Å². The molecule has 0 fully saturated rings. The van der Waals surface area contributed by atoms with Gasteiger partial charge in [0.1, 0.15) is 5.82 Å². The molecule has 0 saturated heterocycles. The average molecular weight is 494 g/mol. The molecule has 0 aliphatic rings. The highest BCUT2D eigenvalue weighted by Gasteiger charge is 2.27. The van der Waals surface area contributed by atoms with Crippen molar-refractivity contribution < 1.29 is 13.2 Å². The summed E-state index contributed by atoms with van der Waals surface area (Å²) < 4.78 is 27.7. The number of aromatic amines is 1. The molecule has 2 aromatic carbocycles. The molecular formula is C21H24ClN5O3S2. The van der Waals surface area contributed by atoms with Crippen LogP contribution in [0.5, 0.6) is 0 Å². The van der Waals surface area contributed by atoms with Crippen molar-refractivity contribution in [2.45, 2.75) is 30.4 Å². The number of halogens is 1. The number of aromatic nitrogens is 3. The Morgan fingerprint density at radius 1 is 1.19 bits per heavy atom. The minimum absolute atomic E-state index is 0.0747. The molecule has 8 nitrogen and oxygen atoms in total. The van der Waals surface area contributed by atoms with E-state index in [1.54, 1.807) is 0 Å². The zero-order valence-electron chi connectivity index (χ0n) is 17.7. The van der Waals surface area contributed by atoms with Crippen molar-refractivity contribution in [3.63, 3.8) is 0 Å². The molecule has 3 aromatic rings. The molecule has 1 aromatic heterocycles. The lowest BCUT2D eigenvalue weighted by atomic mass is 10.1. The highest BCUT2D eigenvalue weighted by Crippen LogP contribution is 2.21. The number of amides is 1. The van der Waals surface area contributed by atoms with E-state index in [4.69, 9.17) is 11.6 Å². The molecule has 1 amide bonds. The van der Waals surface area contributed by atoms with Gasteiger partial charge in [-0.1, -0.05) is 53.2 Å². The SMILES string of the molecule is Cc1cccc(CN(CC(=O)NCCSc2n[nH]c(C)n2)S(=O)(=O)c2ccc(Cl)cc2)c1. The fraction of sp³-hybridized carbons (Fsp3) is 0.286. The Kier molecular flexibility index (Phi) is 8.30. The molecule has 32 heavy (non-hydrogen) atoms. The minimum Gasteiger partial charge on any atom is -0.354 e. The topological polar surface area (TPSA) is 108 Å². The molecular weight excluding hydrogens is 470 g/mol. The summed E-state index contributed by atoms with van der Waals surface area (Å²) in [4.78, 5) is 16.8. The Balaban J connectivity index is 1.68. The van der Waals surface area contributed by atoms with Crippen LogP contribution in [0.15, 0.2) is 58.6 Å². The fourth-order valence-electron chi connectivity index (χ4n) is 2.93. The van der Waals surface area contributed by atoms with E-state index in [-0.39, 0.29) is 23.9 Å². The van der Waals surface area contributed by atoms with Crippen LogP contribution in [0.4, 0.5) is 0 Å². The lowest BCUT2D eigenvalue weighted by Gasteiger charge is -2.22. The lowest BCUT2D eigenvalue weighted by molar-refractivity contribution is -0.121. The van der Waals surface area contributed by atoms with Crippen LogP contribution >= 0.6 is 23.4 Å². The van der Waals surface area contributed by atoms with Crippen LogP contribution in [0.3, 0.4) is 0 Å². The van der Waals surface area contributed by atoms with E-state index >= 15 is 0 Å². The summed E-state index contributed by atoms with van der Waals surface area (Å²) in [6.07, 6.45) is 0. The van der Waals surface area contributed by atoms with E-state index in [1.807, 2.05) is 38.1 Å². The van der Waals surface area contributed by atoms with E-state index in [9.17, 15) is 13.2 Å². The summed E-state index contributed by atoms with van der Waals surface area (Å²) in [6, 6.07) is 13.4. The first-order valence-electron chi connectivity index (χ1n) is 9.84. The Hall–Kier alpha value is -2.40. The Morgan fingerprint density at radius 3 is 2.59 bits per heavy atom. The molecule has 0 aliphatic carbocycles. The number of carbonyl (C=O) groups excluding carboxylic acids is 1. The average Bonchev–Trinajstić information content (AvgIpc) is 3.16. The van der Waals surface area contributed by atoms with Crippen molar-refractivity contribution in [2.75, 3.05) is 18.8 Å². The van der Waals surface area contributed by atoms with Gasteiger partial charge >= 0.3 is 0 Å². The Bertz CT molecular complexity index is 1170. The predicted molar refractivity (Wildman–Crippen MR) is 125 cm³/mol. The highest BCUT2D eigenvalue weighted by atomic mass is 35.5. The monoisotopic (exact) mass is 493 g/mol. The molecule has 0 atom stereocenters. The van der Waals surface area contributed by atoms with Crippen molar-refractivity contribution >= 4 is 39.3 Å². The van der Waals surface area contributed by atoms with E-state index in [0.717, 1.165) is 17.0 Å². The second kappa shape index (κ2) is 11.0. The fourth-order valence-corrected chi connectivity index (χ4v) is 5.14. The Labute approximate surface area is 196 Å². The van der Waals surface area contributed by atoms with Crippen LogP contribution in [0, 0.1) is 13.8 Å². The van der Waals surface area contributed by atoms with Gasteiger partial charge < -0.3 is 5.32 Å². The highest BCUT2D eigenvalue weighted by molar-refractivity contribution is 7.99. The van der Waals surface area contributed by atoms with E-state index in [0.29, 0.717) is 22.5 Å². The zero-order chi connectivity index (χ0) is 23.1. The first kappa shape index (κ1) is 24.2. The summed E-state index contributed by atoms with van der Waals surface area (Å²) in [5.74, 6) is 0.892.